The molecule has 3 atom stereocenters. The number of aliphatic hydroxyl groups excluding tert-OH is 1. The topological polar surface area (TPSA) is 105 Å². The van der Waals surface area contributed by atoms with Crippen LogP contribution in [0.1, 0.15) is 155 Å². The first-order valence-corrected chi connectivity index (χ1v) is 20.2. The van der Waals surface area contributed by atoms with Crippen LogP contribution in [-0.4, -0.2) is 73.4 Å². The summed E-state index contributed by atoms with van der Waals surface area (Å²) in [6, 6.07) is -0.844. The molecule has 0 aromatic carbocycles. The van der Waals surface area contributed by atoms with Gasteiger partial charge in [0.15, 0.2) is 0 Å². The molecule has 0 aliphatic rings. The molecule has 0 bridgehead atoms. The number of carbonyl (C=O) groups is 1. The second-order valence-electron chi connectivity index (χ2n) is 13.9. The van der Waals surface area contributed by atoms with Crippen LogP contribution < -0.4 is 5.32 Å². The van der Waals surface area contributed by atoms with Gasteiger partial charge in [0.1, 0.15) is 13.2 Å². The first-order valence-electron chi connectivity index (χ1n) is 18.7. The highest BCUT2D eigenvalue weighted by Gasteiger charge is 2.27. The second-order valence-corrected chi connectivity index (χ2v) is 15.4. The van der Waals surface area contributed by atoms with Gasteiger partial charge in [0.2, 0.25) is 5.91 Å². The molecule has 0 heterocycles. The molecule has 46 heavy (non-hydrogen) atoms. The van der Waals surface area contributed by atoms with E-state index in [1.807, 2.05) is 27.2 Å². The average molecular weight is 674 g/mol. The summed E-state index contributed by atoms with van der Waals surface area (Å²) in [7, 11) is 1.56. The Labute approximate surface area is 284 Å². The Bertz CT molecular complexity index is 814. The smallest absolute Gasteiger partial charge is 0.387 e. The van der Waals surface area contributed by atoms with Gasteiger partial charge in [0.25, 0.3) is 0 Å². The number of aliphatic hydroxyl groups is 1. The van der Waals surface area contributed by atoms with Crippen LogP contribution in [0, 0.1) is 0 Å². The lowest BCUT2D eigenvalue weighted by Crippen LogP contribution is -2.45. The maximum absolute atomic E-state index is 12.7. The molecule has 9 heteroatoms. The summed E-state index contributed by atoms with van der Waals surface area (Å²) in [4.78, 5) is 22.9. The summed E-state index contributed by atoms with van der Waals surface area (Å²) in [6.45, 7) is 4.75. The highest BCUT2D eigenvalue weighted by molar-refractivity contribution is 7.47. The van der Waals surface area contributed by atoms with Gasteiger partial charge >= 0.3 is 7.82 Å². The Morgan fingerprint density at radius 1 is 0.717 bits per heavy atom. The molecule has 1 amide bonds. The van der Waals surface area contributed by atoms with Crippen molar-refractivity contribution in [2.45, 2.75) is 167 Å². The average Bonchev–Trinajstić information content (AvgIpc) is 2.99. The molecule has 8 nitrogen and oxygen atoms in total. The standard InChI is InChI=1S/C37H73N2O6P/c1-6-8-10-12-14-16-18-19-21-23-25-27-29-31-37(41)38-35(34-45-46(42,43)44-33-32-39(3,4)5)36(40)30-28-26-24-22-20-17-15-13-11-9-7-2/h16,18,28,30,35-36,40H,6-15,17,19-27,29,31-34H2,1-5H3,(H-,38,41,42,43)/p+1/b18-16+,30-28+/t35-,36+/m0/s1. The third-order valence-corrected chi connectivity index (χ3v) is 9.15. The number of nitrogens with one attached hydrogen (secondary N) is 1. The van der Waals surface area contributed by atoms with E-state index in [1.165, 1.54) is 83.5 Å². The van der Waals surface area contributed by atoms with Crippen LogP contribution in [0.3, 0.4) is 0 Å². The fraction of sp³-hybridized carbons (Fsp3) is 0.865. The number of unbranched alkanes of at least 4 members (excludes halogenated alkanes) is 18. The van der Waals surface area contributed by atoms with Gasteiger partial charge in [-0.3, -0.25) is 13.8 Å². The van der Waals surface area contributed by atoms with Crippen molar-refractivity contribution in [2.75, 3.05) is 40.9 Å². The van der Waals surface area contributed by atoms with E-state index in [9.17, 15) is 19.4 Å². The SMILES string of the molecule is CCCCCC/C=C/CCCCCCCC(=O)N[C@@H](COP(=O)(O)OCC[N+](C)(C)C)[C@H](O)/C=C/CCCCCCCCCCC. The van der Waals surface area contributed by atoms with Crippen LogP contribution in [0.4, 0.5) is 0 Å². The van der Waals surface area contributed by atoms with Gasteiger partial charge in [0.05, 0.1) is 39.9 Å². The zero-order valence-corrected chi connectivity index (χ0v) is 31.5. The lowest BCUT2D eigenvalue weighted by Gasteiger charge is -2.25. The predicted molar refractivity (Wildman–Crippen MR) is 194 cm³/mol. The lowest BCUT2D eigenvalue weighted by molar-refractivity contribution is -0.870. The van der Waals surface area contributed by atoms with Crippen molar-refractivity contribution in [1.29, 1.82) is 0 Å². The van der Waals surface area contributed by atoms with E-state index in [0.29, 0.717) is 17.4 Å². The van der Waals surface area contributed by atoms with Gasteiger partial charge in [-0.05, 0) is 44.9 Å². The van der Waals surface area contributed by atoms with Gasteiger partial charge in [-0.2, -0.15) is 0 Å². The highest BCUT2D eigenvalue weighted by Crippen LogP contribution is 2.43. The summed E-state index contributed by atoms with van der Waals surface area (Å²) in [5.41, 5.74) is 0. The molecule has 1 unspecified atom stereocenters. The van der Waals surface area contributed by atoms with E-state index < -0.39 is 20.0 Å². The Balaban J connectivity index is 4.57. The number of phosphoric ester groups is 1. The Morgan fingerprint density at radius 2 is 1.17 bits per heavy atom. The van der Waals surface area contributed by atoms with Crippen molar-refractivity contribution < 1.29 is 32.9 Å². The Morgan fingerprint density at radius 3 is 1.70 bits per heavy atom. The van der Waals surface area contributed by atoms with Crippen LogP contribution in [-0.2, 0) is 18.4 Å². The minimum absolute atomic E-state index is 0.0604. The first-order chi connectivity index (χ1) is 22.0. The number of likely N-dealkylation sites (N-methyl/N-ethyl adjacent to an activating group) is 1. The number of amides is 1. The summed E-state index contributed by atoms with van der Waals surface area (Å²) in [5.74, 6) is -0.190. The summed E-state index contributed by atoms with van der Waals surface area (Å²) in [5, 5.41) is 13.7. The van der Waals surface area contributed by atoms with Crippen molar-refractivity contribution in [3.63, 3.8) is 0 Å². The normalized spacial score (nSPS) is 15.0. The summed E-state index contributed by atoms with van der Waals surface area (Å²) in [6.07, 6.45) is 32.3. The zero-order valence-electron chi connectivity index (χ0n) is 30.6. The van der Waals surface area contributed by atoms with Gasteiger partial charge in [-0.15, -0.1) is 0 Å². The third kappa shape index (κ3) is 31.6. The van der Waals surface area contributed by atoms with E-state index in [1.54, 1.807) is 6.08 Å². The van der Waals surface area contributed by atoms with E-state index in [4.69, 9.17) is 9.05 Å². The molecule has 272 valence electrons. The van der Waals surface area contributed by atoms with Crippen LogP contribution in [0.5, 0.6) is 0 Å². The monoisotopic (exact) mass is 674 g/mol. The van der Waals surface area contributed by atoms with Crippen molar-refractivity contribution in [3.05, 3.63) is 24.3 Å². The molecule has 0 rings (SSSR count). The number of quaternary nitrogens is 1. The van der Waals surface area contributed by atoms with E-state index >= 15 is 0 Å². The quantitative estimate of drug-likeness (QED) is 0.0278. The minimum Gasteiger partial charge on any atom is -0.387 e. The van der Waals surface area contributed by atoms with Crippen molar-refractivity contribution >= 4 is 13.7 Å². The number of allylic oxidation sites excluding steroid dienone is 3. The van der Waals surface area contributed by atoms with E-state index in [2.05, 4.69) is 31.3 Å². The van der Waals surface area contributed by atoms with Crippen LogP contribution in [0.25, 0.3) is 0 Å². The van der Waals surface area contributed by atoms with Crippen LogP contribution in [0.15, 0.2) is 24.3 Å². The fourth-order valence-corrected chi connectivity index (χ4v) is 5.83. The largest absolute Gasteiger partial charge is 0.472 e. The molecule has 0 saturated carbocycles. The lowest BCUT2D eigenvalue weighted by atomic mass is 10.1. The van der Waals surface area contributed by atoms with Crippen molar-refractivity contribution in [1.82, 2.24) is 5.32 Å². The number of hydrogen-bond acceptors (Lipinski definition) is 5. The maximum Gasteiger partial charge on any atom is 0.472 e. The molecule has 0 fully saturated rings. The van der Waals surface area contributed by atoms with Crippen molar-refractivity contribution in [3.8, 4) is 0 Å². The first kappa shape index (κ1) is 45.0. The molecule has 0 aliphatic carbocycles. The molecule has 0 saturated heterocycles. The van der Waals surface area contributed by atoms with Gasteiger partial charge in [-0.25, -0.2) is 4.57 Å². The molecule has 0 spiro atoms. The van der Waals surface area contributed by atoms with Crippen molar-refractivity contribution in [2.24, 2.45) is 0 Å². The van der Waals surface area contributed by atoms with Gasteiger partial charge in [-0.1, -0.05) is 128 Å². The van der Waals surface area contributed by atoms with Gasteiger partial charge in [0, 0.05) is 6.42 Å². The second kappa shape index (κ2) is 30.1. The predicted octanol–water partition coefficient (Wildman–Crippen LogP) is 9.41. The van der Waals surface area contributed by atoms with E-state index in [-0.39, 0.29) is 19.1 Å². The number of nitrogens with zero attached hydrogens (tertiary/aromatic N) is 1. The molecule has 0 aromatic rings. The Kier molecular flexibility index (Phi) is 29.4. The van der Waals surface area contributed by atoms with Crippen LogP contribution in [0.2, 0.25) is 0 Å². The molecular weight excluding hydrogens is 599 g/mol. The minimum atomic E-state index is -4.32. The number of phosphoric acid groups is 1. The molecule has 0 radical (unpaired) electrons. The fourth-order valence-electron chi connectivity index (χ4n) is 5.09. The molecule has 0 aliphatic heterocycles. The molecule has 3 N–H and O–H groups in total. The number of hydrogen-bond donors (Lipinski definition) is 3. The Hall–Kier alpha value is -1.02. The summed E-state index contributed by atoms with van der Waals surface area (Å²) < 4.78 is 23.4. The molecule has 0 aromatic heterocycles. The van der Waals surface area contributed by atoms with Gasteiger partial charge < -0.3 is 19.8 Å². The summed E-state index contributed by atoms with van der Waals surface area (Å²) >= 11 is 0. The van der Waals surface area contributed by atoms with Crippen LogP contribution >= 0.6 is 7.82 Å². The third-order valence-electron chi connectivity index (χ3n) is 8.17. The number of rotatable bonds is 33. The molecular formula is C37H74N2O6P+. The number of carbonyl (C=O) groups excluding carboxylic acids is 1. The highest BCUT2D eigenvalue weighted by atomic mass is 31.2. The van der Waals surface area contributed by atoms with E-state index in [0.717, 1.165) is 51.4 Å². The zero-order chi connectivity index (χ0) is 34.4. The maximum atomic E-state index is 12.7.